The van der Waals surface area contributed by atoms with Crippen molar-refractivity contribution in [2.75, 3.05) is 6.54 Å². The maximum atomic E-state index is 12.5. The molecule has 0 fully saturated rings. The molecule has 0 bridgehead atoms. The quantitative estimate of drug-likeness (QED) is 0.788. The molecule has 1 N–H and O–H groups in total. The molecule has 26 heavy (non-hydrogen) atoms. The number of benzene rings is 1. The van der Waals surface area contributed by atoms with Crippen LogP contribution in [-0.2, 0) is 19.6 Å². The molecule has 2 aromatic heterocycles. The Hall–Kier alpha value is -3.22. The second-order valence-electron chi connectivity index (χ2n) is 6.29. The van der Waals surface area contributed by atoms with Crippen LogP contribution in [0.25, 0.3) is 11.3 Å². The fraction of sp³-hybridized carbons (Fsp3) is 0.263. The van der Waals surface area contributed by atoms with Gasteiger partial charge in [0.05, 0.1) is 18.8 Å². The molecule has 7 nitrogen and oxygen atoms in total. The van der Waals surface area contributed by atoms with Gasteiger partial charge in [0.15, 0.2) is 0 Å². The molecule has 7 heteroatoms. The number of aryl methyl sites for hydroxylation is 1. The molecule has 0 saturated carbocycles. The topological polar surface area (TPSA) is 75.9 Å². The number of hydrogen-bond donors (Lipinski definition) is 1. The zero-order chi connectivity index (χ0) is 17.9. The molecule has 0 aliphatic carbocycles. The van der Waals surface area contributed by atoms with E-state index in [-0.39, 0.29) is 6.03 Å². The van der Waals surface area contributed by atoms with Crippen molar-refractivity contribution < 1.29 is 4.79 Å². The number of carbonyl (C=O) groups excluding carboxylic acids is 1. The third kappa shape index (κ3) is 3.42. The van der Waals surface area contributed by atoms with Crippen molar-refractivity contribution in [3.05, 3.63) is 65.9 Å². The van der Waals surface area contributed by atoms with E-state index < -0.39 is 0 Å². The fourth-order valence-corrected chi connectivity index (χ4v) is 3.10. The lowest BCUT2D eigenvalue weighted by Crippen LogP contribution is -2.44. The van der Waals surface area contributed by atoms with Crippen molar-refractivity contribution >= 4 is 6.03 Å². The third-order valence-electron chi connectivity index (χ3n) is 4.39. The molecular weight excluding hydrogens is 328 g/mol. The largest absolute Gasteiger partial charge is 0.334 e. The number of rotatable bonds is 3. The Morgan fingerprint density at radius 1 is 1.19 bits per heavy atom. The van der Waals surface area contributed by atoms with Gasteiger partial charge in [-0.25, -0.2) is 14.5 Å². The average molecular weight is 348 g/mol. The molecule has 3 heterocycles. The number of amides is 2. The number of nitrogens with zero attached hydrogens (tertiary/aromatic N) is 5. The van der Waals surface area contributed by atoms with Crippen LogP contribution in [0.1, 0.15) is 17.2 Å². The Labute approximate surface area is 151 Å². The standard InChI is InChI=1S/C19H20N6O/c1-14-22-18-13-24(9-10-25(18)23-14)19(26)21-12-15-5-4-6-16(11-15)17-7-2-3-8-20-17/h2-8,11H,9-10,12-13H2,1H3,(H,21,26). The van der Waals surface area contributed by atoms with Crippen LogP contribution in [-0.4, -0.2) is 37.2 Å². The molecule has 1 aliphatic rings. The first-order valence-corrected chi connectivity index (χ1v) is 8.62. The molecule has 4 rings (SSSR count). The predicted molar refractivity (Wildman–Crippen MR) is 97.1 cm³/mol. The summed E-state index contributed by atoms with van der Waals surface area (Å²) < 4.78 is 1.87. The van der Waals surface area contributed by atoms with Crippen LogP contribution in [0.4, 0.5) is 4.79 Å². The number of aromatic nitrogens is 4. The van der Waals surface area contributed by atoms with Gasteiger partial charge < -0.3 is 10.2 Å². The van der Waals surface area contributed by atoms with Gasteiger partial charge in [0.1, 0.15) is 11.6 Å². The molecule has 0 unspecified atom stereocenters. The summed E-state index contributed by atoms with van der Waals surface area (Å²) >= 11 is 0. The highest BCUT2D eigenvalue weighted by atomic mass is 16.2. The van der Waals surface area contributed by atoms with E-state index in [4.69, 9.17) is 0 Å². The van der Waals surface area contributed by atoms with Crippen LogP contribution in [0.15, 0.2) is 48.7 Å². The van der Waals surface area contributed by atoms with Gasteiger partial charge in [0.25, 0.3) is 0 Å². The minimum atomic E-state index is -0.0832. The smallest absolute Gasteiger partial charge is 0.318 e. The Kier molecular flexibility index (Phi) is 4.35. The molecule has 1 aliphatic heterocycles. The van der Waals surface area contributed by atoms with Gasteiger partial charge >= 0.3 is 6.03 Å². The number of nitrogens with one attached hydrogen (secondary N) is 1. The molecule has 132 valence electrons. The first kappa shape index (κ1) is 16.3. The van der Waals surface area contributed by atoms with Crippen molar-refractivity contribution in [1.29, 1.82) is 0 Å². The van der Waals surface area contributed by atoms with E-state index in [1.165, 1.54) is 0 Å². The molecule has 0 atom stereocenters. The molecular formula is C19H20N6O. The molecule has 3 aromatic rings. The van der Waals surface area contributed by atoms with E-state index in [1.807, 2.05) is 48.0 Å². The highest BCUT2D eigenvalue weighted by molar-refractivity contribution is 5.74. The lowest BCUT2D eigenvalue weighted by atomic mass is 10.1. The van der Waals surface area contributed by atoms with E-state index >= 15 is 0 Å². The summed E-state index contributed by atoms with van der Waals surface area (Å²) in [5, 5.41) is 7.31. The average Bonchev–Trinajstić information content (AvgIpc) is 3.06. The minimum Gasteiger partial charge on any atom is -0.334 e. The van der Waals surface area contributed by atoms with Crippen molar-refractivity contribution in [3.63, 3.8) is 0 Å². The van der Waals surface area contributed by atoms with E-state index in [1.54, 1.807) is 11.1 Å². The molecule has 1 aromatic carbocycles. The van der Waals surface area contributed by atoms with Crippen LogP contribution < -0.4 is 5.32 Å². The second kappa shape index (κ2) is 6.95. The van der Waals surface area contributed by atoms with Gasteiger partial charge in [-0.3, -0.25) is 4.98 Å². The summed E-state index contributed by atoms with van der Waals surface area (Å²) in [6, 6.07) is 13.8. The number of urea groups is 1. The van der Waals surface area contributed by atoms with Gasteiger partial charge in [-0.15, -0.1) is 0 Å². The summed E-state index contributed by atoms with van der Waals surface area (Å²) in [6.45, 7) is 4.14. The van der Waals surface area contributed by atoms with Crippen LogP contribution in [0, 0.1) is 6.92 Å². The third-order valence-corrected chi connectivity index (χ3v) is 4.39. The summed E-state index contributed by atoms with van der Waals surface area (Å²) in [5.74, 6) is 1.58. The molecule has 2 amide bonds. The maximum absolute atomic E-state index is 12.5. The Morgan fingerprint density at radius 2 is 2.12 bits per heavy atom. The van der Waals surface area contributed by atoms with Crippen molar-refractivity contribution in [3.8, 4) is 11.3 Å². The highest BCUT2D eigenvalue weighted by Crippen LogP contribution is 2.18. The fourth-order valence-electron chi connectivity index (χ4n) is 3.10. The second-order valence-corrected chi connectivity index (χ2v) is 6.29. The summed E-state index contributed by atoms with van der Waals surface area (Å²) in [6.07, 6.45) is 1.78. The summed E-state index contributed by atoms with van der Waals surface area (Å²) in [4.78, 5) is 23.0. The van der Waals surface area contributed by atoms with Gasteiger partial charge in [-0.1, -0.05) is 24.3 Å². The summed E-state index contributed by atoms with van der Waals surface area (Å²) in [7, 11) is 0. The van der Waals surface area contributed by atoms with E-state index in [9.17, 15) is 4.79 Å². The van der Waals surface area contributed by atoms with Crippen LogP contribution >= 0.6 is 0 Å². The van der Waals surface area contributed by atoms with Crippen LogP contribution in [0.2, 0.25) is 0 Å². The van der Waals surface area contributed by atoms with E-state index in [0.717, 1.165) is 28.5 Å². The Balaban J connectivity index is 1.39. The molecule has 0 radical (unpaired) electrons. The Morgan fingerprint density at radius 3 is 2.96 bits per heavy atom. The number of hydrogen-bond acceptors (Lipinski definition) is 4. The first-order chi connectivity index (χ1) is 12.7. The Bertz CT molecular complexity index is 921. The van der Waals surface area contributed by atoms with Gasteiger partial charge in [-0.05, 0) is 30.7 Å². The summed E-state index contributed by atoms with van der Waals surface area (Å²) in [5.41, 5.74) is 3.00. The van der Waals surface area contributed by atoms with Crippen molar-refractivity contribution in [1.82, 2.24) is 30.0 Å². The zero-order valence-electron chi connectivity index (χ0n) is 14.6. The zero-order valence-corrected chi connectivity index (χ0v) is 14.6. The first-order valence-electron chi connectivity index (χ1n) is 8.62. The van der Waals surface area contributed by atoms with Gasteiger partial charge in [0.2, 0.25) is 0 Å². The SMILES string of the molecule is Cc1nc2n(n1)CCN(C(=O)NCc1cccc(-c3ccccn3)c1)C2. The molecule has 0 spiro atoms. The predicted octanol–water partition coefficient (Wildman–Crippen LogP) is 2.37. The monoisotopic (exact) mass is 348 g/mol. The van der Waals surface area contributed by atoms with E-state index in [0.29, 0.717) is 26.2 Å². The maximum Gasteiger partial charge on any atom is 0.318 e. The minimum absolute atomic E-state index is 0.0832. The normalized spacial score (nSPS) is 13.3. The van der Waals surface area contributed by atoms with Crippen LogP contribution in [0.5, 0.6) is 0 Å². The lowest BCUT2D eigenvalue weighted by Gasteiger charge is -2.26. The van der Waals surface area contributed by atoms with Crippen molar-refractivity contribution in [2.24, 2.45) is 0 Å². The van der Waals surface area contributed by atoms with Gasteiger partial charge in [-0.2, -0.15) is 5.10 Å². The number of pyridine rings is 1. The number of carbonyl (C=O) groups is 1. The lowest BCUT2D eigenvalue weighted by molar-refractivity contribution is 0.179. The molecule has 0 saturated heterocycles. The number of fused-ring (bicyclic) bond motifs is 1. The van der Waals surface area contributed by atoms with Crippen LogP contribution in [0.3, 0.4) is 0 Å². The highest BCUT2D eigenvalue weighted by Gasteiger charge is 2.22. The van der Waals surface area contributed by atoms with Crippen molar-refractivity contribution in [2.45, 2.75) is 26.6 Å². The van der Waals surface area contributed by atoms with Gasteiger partial charge in [0, 0.05) is 24.8 Å². The van der Waals surface area contributed by atoms with E-state index in [2.05, 4.69) is 26.4 Å².